The van der Waals surface area contributed by atoms with E-state index >= 15 is 0 Å². The lowest BCUT2D eigenvalue weighted by molar-refractivity contribution is 0.0948. The average Bonchev–Trinajstić information content (AvgIpc) is 3.13. The van der Waals surface area contributed by atoms with Gasteiger partial charge in [0.25, 0.3) is 11.8 Å². The second-order valence-electron chi connectivity index (χ2n) is 5.18. The van der Waals surface area contributed by atoms with Gasteiger partial charge in [0.2, 0.25) is 10.0 Å². The van der Waals surface area contributed by atoms with Crippen molar-refractivity contribution in [2.45, 2.75) is 6.54 Å². The number of hydrogen-bond donors (Lipinski definition) is 2. The molecular weight excluding hydrogens is 362 g/mol. The summed E-state index contributed by atoms with van der Waals surface area (Å²) in [7, 11) is 0. The molecular formula is C17H12F2N4O2S. The van der Waals surface area contributed by atoms with Gasteiger partial charge in [-0.15, -0.1) is 10.2 Å². The number of benzene rings is 2. The Hall–Kier alpha value is -3.20. The summed E-state index contributed by atoms with van der Waals surface area (Å²) in [5.41, 5.74) is 1.12. The van der Waals surface area contributed by atoms with Crippen LogP contribution in [0.15, 0.2) is 48.5 Å². The van der Waals surface area contributed by atoms with Gasteiger partial charge >= 0.3 is 0 Å². The van der Waals surface area contributed by atoms with E-state index in [9.17, 15) is 18.4 Å². The standard InChI is InChI=1S/C17H12F2N4O2S/c18-11-3-1-10(2-4-11)9-20-14(24)16-22-23-17(26-16)15(25)21-13-7-5-12(19)6-8-13/h1-8H,9H2,(H,20,24)(H,21,25). The number of halogens is 2. The Morgan fingerprint density at radius 2 is 1.38 bits per heavy atom. The van der Waals surface area contributed by atoms with Crippen LogP contribution in [0, 0.1) is 11.6 Å². The zero-order chi connectivity index (χ0) is 18.5. The van der Waals surface area contributed by atoms with E-state index in [2.05, 4.69) is 20.8 Å². The number of carbonyl (C=O) groups is 2. The molecule has 0 radical (unpaired) electrons. The number of amides is 2. The third kappa shape index (κ3) is 4.45. The molecule has 2 amide bonds. The van der Waals surface area contributed by atoms with Crippen LogP contribution in [0.2, 0.25) is 0 Å². The SMILES string of the molecule is O=C(NCc1ccc(F)cc1)c1nnc(C(=O)Nc2ccc(F)cc2)s1. The van der Waals surface area contributed by atoms with Gasteiger partial charge in [0.05, 0.1) is 0 Å². The van der Waals surface area contributed by atoms with E-state index < -0.39 is 17.6 Å². The Morgan fingerprint density at radius 1 is 0.846 bits per heavy atom. The van der Waals surface area contributed by atoms with E-state index in [1.165, 1.54) is 36.4 Å². The van der Waals surface area contributed by atoms with Gasteiger partial charge < -0.3 is 10.6 Å². The molecule has 0 saturated heterocycles. The molecule has 9 heteroatoms. The number of nitrogens with one attached hydrogen (secondary N) is 2. The van der Waals surface area contributed by atoms with Crippen LogP contribution in [0.3, 0.4) is 0 Å². The molecule has 2 N–H and O–H groups in total. The van der Waals surface area contributed by atoms with Crippen molar-refractivity contribution < 1.29 is 18.4 Å². The number of rotatable bonds is 5. The molecule has 132 valence electrons. The largest absolute Gasteiger partial charge is 0.346 e. The van der Waals surface area contributed by atoms with E-state index in [0.29, 0.717) is 5.69 Å². The quantitative estimate of drug-likeness (QED) is 0.719. The van der Waals surface area contributed by atoms with Gasteiger partial charge in [-0.3, -0.25) is 9.59 Å². The number of carbonyl (C=O) groups excluding carboxylic acids is 2. The fourth-order valence-electron chi connectivity index (χ4n) is 1.98. The highest BCUT2D eigenvalue weighted by Crippen LogP contribution is 2.14. The molecule has 0 aliphatic heterocycles. The molecule has 2 aromatic carbocycles. The predicted molar refractivity (Wildman–Crippen MR) is 91.8 cm³/mol. The van der Waals surface area contributed by atoms with E-state index in [0.717, 1.165) is 16.9 Å². The van der Waals surface area contributed by atoms with Gasteiger partial charge in [-0.1, -0.05) is 23.5 Å². The van der Waals surface area contributed by atoms with E-state index in [4.69, 9.17) is 0 Å². The van der Waals surface area contributed by atoms with Crippen LogP contribution in [0.1, 0.15) is 25.2 Å². The summed E-state index contributed by atoms with van der Waals surface area (Å²) in [5, 5.41) is 12.6. The summed E-state index contributed by atoms with van der Waals surface area (Å²) in [6.45, 7) is 0.190. The van der Waals surface area contributed by atoms with Crippen molar-refractivity contribution in [3.05, 3.63) is 75.7 Å². The minimum Gasteiger partial charge on any atom is -0.346 e. The van der Waals surface area contributed by atoms with Gasteiger partial charge in [-0.25, -0.2) is 8.78 Å². The zero-order valence-corrected chi connectivity index (χ0v) is 14.0. The highest BCUT2D eigenvalue weighted by molar-refractivity contribution is 7.15. The molecule has 0 spiro atoms. The first kappa shape index (κ1) is 17.6. The molecule has 26 heavy (non-hydrogen) atoms. The molecule has 0 unspecified atom stereocenters. The number of nitrogens with zero attached hydrogens (tertiary/aromatic N) is 2. The van der Waals surface area contributed by atoms with E-state index in [1.54, 1.807) is 12.1 Å². The Labute approximate surface area is 150 Å². The van der Waals surface area contributed by atoms with Crippen molar-refractivity contribution in [2.75, 3.05) is 5.32 Å². The van der Waals surface area contributed by atoms with E-state index in [-0.39, 0.29) is 22.4 Å². The van der Waals surface area contributed by atoms with Gasteiger partial charge in [0, 0.05) is 12.2 Å². The van der Waals surface area contributed by atoms with Crippen LogP contribution in [0.25, 0.3) is 0 Å². The first-order chi connectivity index (χ1) is 12.5. The lowest BCUT2D eigenvalue weighted by Crippen LogP contribution is -2.22. The summed E-state index contributed by atoms with van der Waals surface area (Å²) in [6, 6.07) is 10.9. The molecule has 3 rings (SSSR count). The molecule has 0 bridgehead atoms. The smallest absolute Gasteiger partial charge is 0.286 e. The average molecular weight is 374 g/mol. The Kier molecular flexibility index (Phi) is 5.28. The van der Waals surface area contributed by atoms with Crippen molar-refractivity contribution in [3.63, 3.8) is 0 Å². The summed E-state index contributed by atoms with van der Waals surface area (Å²) in [5.74, 6) is -1.82. The van der Waals surface area contributed by atoms with Crippen molar-refractivity contribution >= 4 is 28.8 Å². The van der Waals surface area contributed by atoms with Crippen LogP contribution in [0.4, 0.5) is 14.5 Å². The van der Waals surface area contributed by atoms with Crippen molar-refractivity contribution in [1.29, 1.82) is 0 Å². The maximum absolute atomic E-state index is 12.9. The lowest BCUT2D eigenvalue weighted by Gasteiger charge is -2.02. The summed E-state index contributed by atoms with van der Waals surface area (Å²) in [6.07, 6.45) is 0. The topological polar surface area (TPSA) is 84.0 Å². The number of anilines is 1. The third-order valence-corrected chi connectivity index (χ3v) is 4.20. The molecule has 1 aromatic heterocycles. The summed E-state index contributed by atoms with van der Waals surface area (Å²) >= 11 is 0.829. The second-order valence-corrected chi connectivity index (χ2v) is 6.16. The van der Waals surface area contributed by atoms with Gasteiger partial charge in [0.15, 0.2) is 0 Å². The van der Waals surface area contributed by atoms with Crippen molar-refractivity contribution in [1.82, 2.24) is 15.5 Å². The fourth-order valence-corrected chi connectivity index (χ4v) is 2.64. The highest BCUT2D eigenvalue weighted by Gasteiger charge is 2.17. The molecule has 0 atom stereocenters. The summed E-state index contributed by atoms with van der Waals surface area (Å²) in [4.78, 5) is 24.1. The first-order valence-electron chi connectivity index (χ1n) is 7.44. The zero-order valence-electron chi connectivity index (χ0n) is 13.2. The van der Waals surface area contributed by atoms with Crippen LogP contribution in [-0.2, 0) is 6.54 Å². The normalized spacial score (nSPS) is 10.4. The molecule has 0 aliphatic rings. The number of aromatic nitrogens is 2. The molecule has 1 heterocycles. The van der Waals surface area contributed by atoms with Crippen LogP contribution < -0.4 is 10.6 Å². The third-order valence-electron chi connectivity index (χ3n) is 3.28. The van der Waals surface area contributed by atoms with Crippen LogP contribution in [0.5, 0.6) is 0 Å². The highest BCUT2D eigenvalue weighted by atomic mass is 32.1. The van der Waals surface area contributed by atoms with E-state index in [1.807, 2.05) is 0 Å². The van der Waals surface area contributed by atoms with Crippen molar-refractivity contribution in [3.8, 4) is 0 Å². The summed E-state index contributed by atoms with van der Waals surface area (Å²) < 4.78 is 25.7. The van der Waals surface area contributed by atoms with Crippen molar-refractivity contribution in [2.24, 2.45) is 0 Å². The second kappa shape index (κ2) is 7.79. The number of hydrogen-bond acceptors (Lipinski definition) is 5. The minimum absolute atomic E-state index is 0.00116. The maximum atomic E-state index is 12.9. The van der Waals surface area contributed by atoms with Crippen LogP contribution in [-0.4, -0.2) is 22.0 Å². The van der Waals surface area contributed by atoms with Crippen LogP contribution >= 0.6 is 11.3 Å². The lowest BCUT2D eigenvalue weighted by atomic mass is 10.2. The Balaban J connectivity index is 1.59. The first-order valence-corrected chi connectivity index (χ1v) is 8.26. The van der Waals surface area contributed by atoms with Gasteiger partial charge in [0.1, 0.15) is 11.6 Å². The Morgan fingerprint density at radius 3 is 2.00 bits per heavy atom. The minimum atomic E-state index is -0.549. The Bertz CT molecular complexity index is 927. The van der Waals surface area contributed by atoms with Gasteiger partial charge in [-0.2, -0.15) is 0 Å². The predicted octanol–water partition coefficient (Wildman–Crippen LogP) is 3.00. The molecule has 0 saturated carbocycles. The maximum Gasteiger partial charge on any atom is 0.286 e. The molecule has 0 fully saturated rings. The van der Waals surface area contributed by atoms with Gasteiger partial charge in [-0.05, 0) is 42.0 Å². The molecule has 3 aromatic rings. The molecule has 6 nitrogen and oxygen atoms in total. The monoisotopic (exact) mass is 374 g/mol. The fraction of sp³-hybridized carbons (Fsp3) is 0.0588. The molecule has 0 aliphatic carbocycles.